The van der Waals surface area contributed by atoms with Gasteiger partial charge in [0.15, 0.2) is 0 Å². The highest BCUT2D eigenvalue weighted by molar-refractivity contribution is 7.86. The highest BCUT2D eigenvalue weighted by Crippen LogP contribution is 2.39. The summed E-state index contributed by atoms with van der Waals surface area (Å²) in [5.41, 5.74) is 2.62. The zero-order chi connectivity index (χ0) is 18.8. The number of fused-ring (bicyclic) bond motifs is 1. The molecule has 3 aromatic rings. The largest absolute Gasteiger partial charge is 0.497 e. The van der Waals surface area contributed by atoms with E-state index in [1.165, 1.54) is 5.56 Å². The number of benzene rings is 3. The Hall–Kier alpha value is -2.79. The summed E-state index contributed by atoms with van der Waals surface area (Å²) in [4.78, 5) is 0.746. The Bertz CT molecular complexity index is 954. The molecular weight excluding hydrogens is 358 g/mol. The molecule has 1 heterocycles. The van der Waals surface area contributed by atoms with Gasteiger partial charge < -0.3 is 14.8 Å². The van der Waals surface area contributed by atoms with Crippen LogP contribution in [0.3, 0.4) is 0 Å². The van der Waals surface area contributed by atoms with Crippen molar-refractivity contribution in [2.45, 2.75) is 23.3 Å². The second-order valence-corrected chi connectivity index (χ2v) is 7.99. The van der Waals surface area contributed by atoms with E-state index in [9.17, 15) is 4.21 Å². The molecule has 0 spiro atoms. The van der Waals surface area contributed by atoms with Crippen molar-refractivity contribution in [2.75, 3.05) is 12.4 Å². The standard InChI is InChI=1S/C22H21NO3S/c1-15-7-9-16(10-8-15)21(23-17-11-13-18(25-2)14-12-17)22-26-19-5-3-4-6-20(19)27(22)24/h3-14,21-23H,1-2H3/t21-,22+,27?/m1/s1. The first kappa shape index (κ1) is 17.6. The lowest BCUT2D eigenvalue weighted by atomic mass is 10.0. The van der Waals surface area contributed by atoms with Crippen LogP contribution in [0.1, 0.15) is 17.2 Å². The molecule has 0 saturated carbocycles. The highest BCUT2D eigenvalue weighted by Gasteiger charge is 2.38. The molecule has 0 radical (unpaired) electrons. The molecule has 0 bridgehead atoms. The minimum atomic E-state index is -1.26. The summed E-state index contributed by atoms with van der Waals surface area (Å²) in [6.45, 7) is 2.05. The van der Waals surface area contributed by atoms with Crippen molar-refractivity contribution >= 4 is 16.5 Å². The molecule has 1 aliphatic heterocycles. The van der Waals surface area contributed by atoms with Gasteiger partial charge in [-0.15, -0.1) is 0 Å². The fourth-order valence-corrected chi connectivity index (χ4v) is 4.59. The minimum absolute atomic E-state index is 0.257. The van der Waals surface area contributed by atoms with Gasteiger partial charge in [0.2, 0.25) is 5.44 Å². The van der Waals surface area contributed by atoms with Crippen LogP contribution in [0.15, 0.2) is 77.7 Å². The van der Waals surface area contributed by atoms with Crippen LogP contribution in [-0.4, -0.2) is 16.8 Å². The number of para-hydroxylation sites is 1. The summed E-state index contributed by atoms with van der Waals surface area (Å²) < 4.78 is 24.4. The van der Waals surface area contributed by atoms with Crippen molar-refractivity contribution in [3.05, 3.63) is 83.9 Å². The number of anilines is 1. The number of hydrogen-bond donors (Lipinski definition) is 1. The first-order valence-corrected chi connectivity index (χ1v) is 10.0. The van der Waals surface area contributed by atoms with Crippen molar-refractivity contribution in [3.8, 4) is 11.5 Å². The third kappa shape index (κ3) is 3.55. The van der Waals surface area contributed by atoms with Gasteiger partial charge in [0, 0.05) is 5.69 Å². The van der Waals surface area contributed by atoms with Gasteiger partial charge in [-0.2, -0.15) is 0 Å². The summed E-state index contributed by atoms with van der Waals surface area (Å²) in [5, 5.41) is 3.50. The van der Waals surface area contributed by atoms with Crippen LogP contribution >= 0.6 is 0 Å². The SMILES string of the molecule is COc1ccc(N[C@H](c2ccc(C)cc2)[C@H]2Oc3ccccc3S2=O)cc1. The van der Waals surface area contributed by atoms with Gasteiger partial charge in [-0.3, -0.25) is 4.21 Å². The van der Waals surface area contributed by atoms with E-state index in [2.05, 4.69) is 36.5 Å². The topological polar surface area (TPSA) is 47.6 Å². The van der Waals surface area contributed by atoms with E-state index in [1.54, 1.807) is 7.11 Å². The van der Waals surface area contributed by atoms with Crippen LogP contribution in [0.4, 0.5) is 5.69 Å². The van der Waals surface area contributed by atoms with E-state index in [0.717, 1.165) is 21.9 Å². The Balaban J connectivity index is 1.68. The number of ether oxygens (including phenoxy) is 2. The Morgan fingerprint density at radius 3 is 2.37 bits per heavy atom. The molecule has 3 aromatic carbocycles. The molecule has 0 saturated heterocycles. The predicted octanol–water partition coefficient (Wildman–Crippen LogP) is 4.68. The molecule has 0 amide bonds. The maximum Gasteiger partial charge on any atom is 0.201 e. The lowest BCUT2D eigenvalue weighted by Gasteiger charge is -2.25. The van der Waals surface area contributed by atoms with Crippen molar-refractivity contribution in [3.63, 3.8) is 0 Å². The predicted molar refractivity (Wildman–Crippen MR) is 108 cm³/mol. The summed E-state index contributed by atoms with van der Waals surface area (Å²) in [7, 11) is 0.383. The lowest BCUT2D eigenvalue weighted by molar-refractivity contribution is 0.267. The molecule has 27 heavy (non-hydrogen) atoms. The van der Waals surface area contributed by atoms with Gasteiger partial charge in [-0.25, -0.2) is 0 Å². The fourth-order valence-electron chi connectivity index (χ4n) is 3.15. The first-order valence-electron chi connectivity index (χ1n) is 8.79. The molecule has 5 heteroatoms. The molecule has 0 fully saturated rings. The number of aryl methyl sites for hydroxylation is 1. The Morgan fingerprint density at radius 1 is 1.00 bits per heavy atom. The zero-order valence-corrected chi connectivity index (χ0v) is 16.0. The van der Waals surface area contributed by atoms with E-state index in [0.29, 0.717) is 5.75 Å². The van der Waals surface area contributed by atoms with Crippen LogP contribution in [0, 0.1) is 6.92 Å². The van der Waals surface area contributed by atoms with Crippen molar-refractivity contribution in [1.29, 1.82) is 0 Å². The number of rotatable bonds is 5. The van der Waals surface area contributed by atoms with Crippen molar-refractivity contribution < 1.29 is 13.7 Å². The van der Waals surface area contributed by atoms with E-state index >= 15 is 0 Å². The van der Waals surface area contributed by atoms with Gasteiger partial charge in [0.05, 0.1) is 12.0 Å². The molecule has 4 rings (SSSR count). The van der Waals surface area contributed by atoms with Crippen LogP contribution in [0.2, 0.25) is 0 Å². The monoisotopic (exact) mass is 379 g/mol. The van der Waals surface area contributed by atoms with Crippen LogP contribution in [-0.2, 0) is 10.8 Å². The fraction of sp³-hybridized carbons (Fsp3) is 0.182. The van der Waals surface area contributed by atoms with Gasteiger partial charge in [-0.1, -0.05) is 42.0 Å². The molecule has 138 valence electrons. The van der Waals surface area contributed by atoms with Gasteiger partial charge in [-0.05, 0) is 48.9 Å². The van der Waals surface area contributed by atoms with Gasteiger partial charge in [0.25, 0.3) is 0 Å². The van der Waals surface area contributed by atoms with E-state index in [-0.39, 0.29) is 6.04 Å². The van der Waals surface area contributed by atoms with Crippen molar-refractivity contribution in [1.82, 2.24) is 0 Å². The molecule has 0 aromatic heterocycles. The van der Waals surface area contributed by atoms with Gasteiger partial charge >= 0.3 is 0 Å². The summed E-state index contributed by atoms with van der Waals surface area (Å²) >= 11 is 0. The maximum absolute atomic E-state index is 13.1. The Morgan fingerprint density at radius 2 is 1.70 bits per heavy atom. The quantitative estimate of drug-likeness (QED) is 0.699. The second kappa shape index (κ2) is 7.45. The molecule has 1 N–H and O–H groups in total. The minimum Gasteiger partial charge on any atom is -0.497 e. The van der Waals surface area contributed by atoms with Crippen LogP contribution < -0.4 is 14.8 Å². The van der Waals surface area contributed by atoms with E-state index < -0.39 is 16.2 Å². The number of methoxy groups -OCH3 is 1. The summed E-state index contributed by atoms with van der Waals surface area (Å²) in [6, 6.07) is 23.2. The zero-order valence-electron chi connectivity index (χ0n) is 15.2. The van der Waals surface area contributed by atoms with E-state index in [4.69, 9.17) is 9.47 Å². The van der Waals surface area contributed by atoms with Crippen LogP contribution in [0.5, 0.6) is 11.5 Å². The lowest BCUT2D eigenvalue weighted by Crippen LogP contribution is -2.31. The van der Waals surface area contributed by atoms with Crippen LogP contribution in [0.25, 0.3) is 0 Å². The Kier molecular flexibility index (Phi) is 4.86. The number of hydrogen-bond acceptors (Lipinski definition) is 4. The molecule has 3 atom stereocenters. The molecule has 1 unspecified atom stereocenters. The maximum atomic E-state index is 13.1. The second-order valence-electron chi connectivity index (χ2n) is 6.49. The normalized spacial score (nSPS) is 19.0. The highest BCUT2D eigenvalue weighted by atomic mass is 32.2. The average molecular weight is 379 g/mol. The molecule has 1 aliphatic rings. The third-order valence-corrected chi connectivity index (χ3v) is 6.20. The summed E-state index contributed by atoms with van der Waals surface area (Å²) in [5.74, 6) is 1.48. The third-order valence-electron chi connectivity index (χ3n) is 4.64. The number of nitrogens with one attached hydrogen (secondary N) is 1. The molecular formula is C22H21NO3S. The average Bonchev–Trinajstić information content (AvgIpc) is 3.04. The smallest absolute Gasteiger partial charge is 0.201 e. The van der Waals surface area contributed by atoms with Crippen molar-refractivity contribution in [2.24, 2.45) is 0 Å². The van der Waals surface area contributed by atoms with Gasteiger partial charge in [0.1, 0.15) is 28.3 Å². The van der Waals surface area contributed by atoms with E-state index in [1.807, 2.05) is 48.5 Å². The molecule has 4 nitrogen and oxygen atoms in total. The summed E-state index contributed by atoms with van der Waals surface area (Å²) in [6.07, 6.45) is 0. The first-order chi connectivity index (χ1) is 13.2. The molecule has 0 aliphatic carbocycles. The Labute approximate surface area is 161 Å².